The second-order valence-electron chi connectivity index (χ2n) is 7.34. The lowest BCUT2D eigenvalue weighted by Crippen LogP contribution is -2.49. The molecule has 1 aromatic heterocycles. The molecule has 0 N–H and O–H groups in total. The number of carbonyl (C=O) groups is 1. The summed E-state index contributed by atoms with van der Waals surface area (Å²) in [7, 11) is -6.66. The SMILES string of the molecule is CS(=O)(=O)CCN1CCN(C(=O)c2sccc2S(=O)(=O)N2CCCCC2)CC1. The molecule has 3 rings (SSSR count). The van der Waals surface area contributed by atoms with E-state index in [0.717, 1.165) is 19.3 Å². The second kappa shape index (κ2) is 8.78. The van der Waals surface area contributed by atoms with Gasteiger partial charge in [-0.25, -0.2) is 16.8 Å². The van der Waals surface area contributed by atoms with Crippen LogP contribution in [0.5, 0.6) is 0 Å². The quantitative estimate of drug-likeness (QED) is 0.635. The maximum atomic E-state index is 13.0. The first-order chi connectivity index (χ1) is 13.2. The number of rotatable bonds is 6. The number of sulfone groups is 1. The third-order valence-electron chi connectivity index (χ3n) is 5.19. The summed E-state index contributed by atoms with van der Waals surface area (Å²) in [4.78, 5) is 17.0. The van der Waals surface area contributed by atoms with E-state index < -0.39 is 19.9 Å². The van der Waals surface area contributed by atoms with Gasteiger partial charge in [0, 0.05) is 52.1 Å². The fourth-order valence-electron chi connectivity index (χ4n) is 3.51. The number of piperazine rings is 1. The summed E-state index contributed by atoms with van der Waals surface area (Å²) in [6.45, 7) is 3.55. The van der Waals surface area contributed by atoms with Gasteiger partial charge in [-0.15, -0.1) is 11.3 Å². The summed E-state index contributed by atoms with van der Waals surface area (Å²) < 4.78 is 50.1. The van der Waals surface area contributed by atoms with Gasteiger partial charge in [-0.05, 0) is 24.3 Å². The molecule has 3 heterocycles. The molecule has 158 valence electrons. The van der Waals surface area contributed by atoms with Gasteiger partial charge in [-0.3, -0.25) is 9.69 Å². The number of hydrogen-bond acceptors (Lipinski definition) is 7. The van der Waals surface area contributed by atoms with E-state index >= 15 is 0 Å². The fourth-order valence-corrected chi connectivity index (χ4v) is 6.98. The lowest BCUT2D eigenvalue weighted by Gasteiger charge is -2.34. The molecule has 0 aromatic carbocycles. The smallest absolute Gasteiger partial charge is 0.265 e. The van der Waals surface area contributed by atoms with Gasteiger partial charge >= 0.3 is 0 Å². The molecule has 1 aromatic rings. The Morgan fingerprint density at radius 3 is 2.25 bits per heavy atom. The fraction of sp³-hybridized carbons (Fsp3) is 0.706. The average Bonchev–Trinajstić information content (AvgIpc) is 3.17. The van der Waals surface area contributed by atoms with Crippen molar-refractivity contribution in [2.75, 3.05) is 57.8 Å². The Morgan fingerprint density at radius 2 is 1.64 bits per heavy atom. The Morgan fingerprint density at radius 1 is 1.00 bits per heavy atom. The van der Waals surface area contributed by atoms with E-state index in [1.807, 2.05) is 4.90 Å². The molecule has 28 heavy (non-hydrogen) atoms. The van der Waals surface area contributed by atoms with Crippen molar-refractivity contribution in [1.29, 1.82) is 0 Å². The van der Waals surface area contributed by atoms with Crippen LogP contribution in [-0.2, 0) is 19.9 Å². The number of hydrogen-bond donors (Lipinski definition) is 0. The normalized spacial score (nSPS) is 20.4. The van der Waals surface area contributed by atoms with Crippen molar-refractivity contribution in [2.45, 2.75) is 24.2 Å². The molecule has 0 unspecified atom stereocenters. The maximum absolute atomic E-state index is 13.0. The molecule has 0 bridgehead atoms. The van der Waals surface area contributed by atoms with E-state index in [4.69, 9.17) is 0 Å². The van der Waals surface area contributed by atoms with Gasteiger partial charge < -0.3 is 4.90 Å². The van der Waals surface area contributed by atoms with Crippen LogP contribution in [0.3, 0.4) is 0 Å². The summed E-state index contributed by atoms with van der Waals surface area (Å²) in [6.07, 6.45) is 3.95. The Balaban J connectivity index is 1.66. The van der Waals surface area contributed by atoms with Crippen molar-refractivity contribution in [3.8, 4) is 0 Å². The monoisotopic (exact) mass is 449 g/mol. The van der Waals surface area contributed by atoms with Crippen molar-refractivity contribution < 1.29 is 21.6 Å². The highest BCUT2D eigenvalue weighted by Gasteiger charge is 2.33. The topological polar surface area (TPSA) is 95.1 Å². The summed E-state index contributed by atoms with van der Waals surface area (Å²) in [5.74, 6) is -0.155. The standard InChI is InChI=1S/C17H27N3O5S3/c1-27(22,23)14-12-18-8-10-19(11-9-18)17(21)16-15(5-13-26-16)28(24,25)20-6-3-2-4-7-20/h5,13H,2-4,6-12,14H2,1H3. The van der Waals surface area contributed by atoms with E-state index in [-0.39, 0.29) is 21.4 Å². The van der Waals surface area contributed by atoms with Crippen LogP contribution in [0.4, 0.5) is 0 Å². The molecule has 0 aliphatic carbocycles. The number of carbonyl (C=O) groups excluding carboxylic acids is 1. The number of thiophene rings is 1. The first kappa shape index (κ1) is 21.7. The lowest BCUT2D eigenvalue weighted by molar-refractivity contribution is 0.0645. The van der Waals surface area contributed by atoms with Crippen molar-refractivity contribution in [3.63, 3.8) is 0 Å². The van der Waals surface area contributed by atoms with Crippen molar-refractivity contribution in [3.05, 3.63) is 16.3 Å². The Labute approximate surface area is 171 Å². The number of amides is 1. The predicted octanol–water partition coefficient (Wildman–Crippen LogP) is 0.725. The van der Waals surface area contributed by atoms with Crippen molar-refractivity contribution in [2.24, 2.45) is 0 Å². The minimum atomic E-state index is -3.65. The molecule has 0 spiro atoms. The van der Waals surface area contributed by atoms with E-state index in [1.54, 1.807) is 10.3 Å². The van der Waals surface area contributed by atoms with E-state index in [0.29, 0.717) is 45.8 Å². The molecule has 0 saturated carbocycles. The molecule has 2 aliphatic heterocycles. The van der Waals surface area contributed by atoms with Gasteiger partial charge in [0.15, 0.2) is 0 Å². The highest BCUT2D eigenvalue weighted by atomic mass is 32.2. The zero-order chi connectivity index (χ0) is 20.4. The van der Waals surface area contributed by atoms with Gasteiger partial charge in [0.05, 0.1) is 5.75 Å². The van der Waals surface area contributed by atoms with Gasteiger partial charge in [0.2, 0.25) is 10.0 Å². The van der Waals surface area contributed by atoms with Crippen LogP contribution in [0.25, 0.3) is 0 Å². The first-order valence-electron chi connectivity index (χ1n) is 9.45. The van der Waals surface area contributed by atoms with Gasteiger partial charge in [0.25, 0.3) is 5.91 Å². The van der Waals surface area contributed by atoms with Crippen LogP contribution in [-0.4, -0.2) is 94.7 Å². The minimum Gasteiger partial charge on any atom is -0.335 e. The third-order valence-corrected chi connectivity index (χ3v) is 9.09. The lowest BCUT2D eigenvalue weighted by atomic mass is 10.2. The molecule has 2 fully saturated rings. The molecule has 0 radical (unpaired) electrons. The molecule has 2 aliphatic rings. The Kier molecular flexibility index (Phi) is 6.80. The molecular formula is C17H27N3O5S3. The van der Waals surface area contributed by atoms with Crippen LogP contribution in [0.15, 0.2) is 16.3 Å². The number of sulfonamides is 1. The van der Waals surface area contributed by atoms with E-state index in [1.165, 1.54) is 28.0 Å². The molecule has 1 amide bonds. The van der Waals surface area contributed by atoms with Crippen molar-refractivity contribution in [1.82, 2.24) is 14.1 Å². The van der Waals surface area contributed by atoms with Crippen molar-refractivity contribution >= 4 is 37.1 Å². The highest BCUT2D eigenvalue weighted by molar-refractivity contribution is 7.90. The molecule has 11 heteroatoms. The third kappa shape index (κ3) is 5.12. The van der Waals surface area contributed by atoms with E-state index in [2.05, 4.69) is 0 Å². The second-order valence-corrected chi connectivity index (χ2v) is 12.4. The average molecular weight is 450 g/mol. The molecule has 8 nitrogen and oxygen atoms in total. The largest absolute Gasteiger partial charge is 0.335 e. The summed E-state index contributed by atoms with van der Waals surface area (Å²) in [5, 5.41) is 1.66. The van der Waals surface area contributed by atoms with Crippen LogP contribution in [0.1, 0.15) is 28.9 Å². The van der Waals surface area contributed by atoms with E-state index in [9.17, 15) is 21.6 Å². The van der Waals surface area contributed by atoms with Gasteiger partial charge in [-0.2, -0.15) is 4.31 Å². The molecule has 2 saturated heterocycles. The first-order valence-corrected chi connectivity index (χ1v) is 13.8. The predicted molar refractivity (Wildman–Crippen MR) is 109 cm³/mol. The summed E-state index contributed by atoms with van der Waals surface area (Å²) in [5.41, 5.74) is 0. The number of piperidine rings is 1. The minimum absolute atomic E-state index is 0.101. The molecular weight excluding hydrogens is 422 g/mol. The van der Waals surface area contributed by atoms with Gasteiger partial charge in [-0.1, -0.05) is 6.42 Å². The van der Waals surface area contributed by atoms with Crippen LogP contribution < -0.4 is 0 Å². The van der Waals surface area contributed by atoms with Crippen LogP contribution in [0, 0.1) is 0 Å². The zero-order valence-corrected chi connectivity index (χ0v) is 18.5. The highest BCUT2D eigenvalue weighted by Crippen LogP contribution is 2.28. The maximum Gasteiger partial charge on any atom is 0.265 e. The summed E-state index contributed by atoms with van der Waals surface area (Å²) >= 11 is 1.17. The Bertz CT molecular complexity index is 896. The molecule has 0 atom stereocenters. The number of nitrogens with zero attached hydrogens (tertiary/aromatic N) is 3. The Hall–Kier alpha value is -1.01. The summed E-state index contributed by atoms with van der Waals surface area (Å²) in [6, 6.07) is 1.53. The van der Waals surface area contributed by atoms with Crippen LogP contribution in [0.2, 0.25) is 0 Å². The zero-order valence-electron chi connectivity index (χ0n) is 16.0. The van der Waals surface area contributed by atoms with Gasteiger partial charge in [0.1, 0.15) is 19.6 Å². The van der Waals surface area contributed by atoms with Crippen LogP contribution >= 0.6 is 11.3 Å².